The van der Waals surface area contributed by atoms with E-state index in [1.807, 2.05) is 6.92 Å². The van der Waals surface area contributed by atoms with Crippen molar-refractivity contribution in [2.45, 2.75) is 33.1 Å². The second-order valence-electron chi connectivity index (χ2n) is 3.63. The van der Waals surface area contributed by atoms with Gasteiger partial charge in [-0.15, -0.1) is 0 Å². The predicted octanol–water partition coefficient (Wildman–Crippen LogP) is 1.70. The fourth-order valence-corrected chi connectivity index (χ4v) is 1.38. The minimum Gasteiger partial charge on any atom is -0.364 e. The molecule has 0 aliphatic carbocycles. The van der Waals surface area contributed by atoms with Gasteiger partial charge in [0, 0.05) is 12.0 Å². The van der Waals surface area contributed by atoms with E-state index in [0.29, 0.717) is 29.4 Å². The second kappa shape index (κ2) is 6.29. The van der Waals surface area contributed by atoms with E-state index in [1.54, 1.807) is 6.92 Å². The van der Waals surface area contributed by atoms with Crippen molar-refractivity contribution >= 4 is 11.6 Å². The van der Waals surface area contributed by atoms with Gasteiger partial charge in [-0.1, -0.05) is 6.92 Å². The Labute approximate surface area is 98.8 Å². The molecule has 0 atom stereocenters. The Bertz CT molecular complexity index is 370. The summed E-state index contributed by atoms with van der Waals surface area (Å²) in [5.74, 6) is 6.77. The van der Waals surface area contributed by atoms with Gasteiger partial charge >= 0.3 is 0 Å². The Morgan fingerprint density at radius 1 is 1.29 bits per heavy atom. The van der Waals surface area contributed by atoms with Gasteiger partial charge in [0.2, 0.25) is 0 Å². The van der Waals surface area contributed by atoms with Crippen molar-refractivity contribution in [2.24, 2.45) is 5.84 Å². The minimum absolute atomic E-state index is 0.400. The van der Waals surface area contributed by atoms with Gasteiger partial charge in [0.15, 0.2) is 0 Å². The number of nitrogens with zero attached hydrogens (tertiary/aromatic N) is 2. The molecular weight excluding hydrogens is 228 g/mol. The lowest BCUT2D eigenvalue weighted by molar-refractivity contribution is 0.163. The Morgan fingerprint density at radius 2 is 1.94 bits per heavy atom. The van der Waals surface area contributed by atoms with Crippen LogP contribution in [-0.4, -0.2) is 22.9 Å². The van der Waals surface area contributed by atoms with E-state index in [2.05, 4.69) is 20.7 Å². The van der Waals surface area contributed by atoms with Crippen molar-refractivity contribution in [3.05, 3.63) is 11.4 Å². The fraction of sp³-hybridized carbons (Fsp3) is 0.600. The molecule has 0 unspecified atom stereocenters. The summed E-state index contributed by atoms with van der Waals surface area (Å²) in [7, 11) is 0. The molecule has 1 rings (SSSR count). The lowest BCUT2D eigenvalue weighted by Gasteiger charge is -2.13. The standard InChI is InChI=1S/C10H17F2N5/c1-3-4-8-15-9(14-5-7(11)12)6(2)10(16-8)17-13/h7H,3-5,13H2,1-2H3,(H2,14,15,16,17). The normalized spacial score (nSPS) is 10.7. The molecule has 0 bridgehead atoms. The van der Waals surface area contributed by atoms with E-state index in [1.165, 1.54) is 0 Å². The first-order chi connectivity index (χ1) is 8.08. The number of alkyl halides is 2. The van der Waals surface area contributed by atoms with Crippen LogP contribution in [0.3, 0.4) is 0 Å². The summed E-state index contributed by atoms with van der Waals surface area (Å²) in [6.45, 7) is 3.27. The van der Waals surface area contributed by atoms with Crippen LogP contribution in [0.25, 0.3) is 0 Å². The summed E-state index contributed by atoms with van der Waals surface area (Å²) in [5.41, 5.74) is 3.08. The number of aromatic nitrogens is 2. The molecule has 96 valence electrons. The van der Waals surface area contributed by atoms with Crippen molar-refractivity contribution in [2.75, 3.05) is 17.3 Å². The van der Waals surface area contributed by atoms with Crippen LogP contribution in [0.1, 0.15) is 24.7 Å². The van der Waals surface area contributed by atoms with Crippen LogP contribution < -0.4 is 16.6 Å². The topological polar surface area (TPSA) is 75.9 Å². The van der Waals surface area contributed by atoms with E-state index < -0.39 is 13.0 Å². The van der Waals surface area contributed by atoms with Crippen molar-refractivity contribution in [3.8, 4) is 0 Å². The zero-order chi connectivity index (χ0) is 12.8. The average Bonchev–Trinajstić information content (AvgIpc) is 2.29. The molecular formula is C10H17F2N5. The maximum atomic E-state index is 12.1. The van der Waals surface area contributed by atoms with Crippen LogP contribution in [0.4, 0.5) is 20.4 Å². The van der Waals surface area contributed by atoms with E-state index in [9.17, 15) is 8.78 Å². The first kappa shape index (κ1) is 13.6. The summed E-state index contributed by atoms with van der Waals surface area (Å²) in [6.07, 6.45) is -0.868. The molecule has 1 aromatic heterocycles. The highest BCUT2D eigenvalue weighted by Gasteiger charge is 2.11. The van der Waals surface area contributed by atoms with Crippen LogP contribution in [0, 0.1) is 6.92 Å². The number of nitrogen functional groups attached to an aromatic ring is 1. The van der Waals surface area contributed by atoms with Crippen LogP contribution >= 0.6 is 0 Å². The lowest BCUT2D eigenvalue weighted by Crippen LogP contribution is -2.17. The SMILES string of the molecule is CCCc1nc(NN)c(C)c(NCC(F)F)n1. The van der Waals surface area contributed by atoms with Gasteiger partial charge in [0.25, 0.3) is 6.43 Å². The molecule has 0 radical (unpaired) electrons. The van der Waals surface area contributed by atoms with Gasteiger partial charge in [-0.2, -0.15) is 0 Å². The third-order valence-electron chi connectivity index (χ3n) is 2.23. The van der Waals surface area contributed by atoms with Gasteiger partial charge < -0.3 is 10.7 Å². The van der Waals surface area contributed by atoms with Gasteiger partial charge in [-0.05, 0) is 13.3 Å². The Balaban J connectivity index is 2.96. The molecule has 17 heavy (non-hydrogen) atoms. The van der Waals surface area contributed by atoms with E-state index >= 15 is 0 Å². The van der Waals surface area contributed by atoms with Crippen LogP contribution in [0.2, 0.25) is 0 Å². The molecule has 1 heterocycles. The third kappa shape index (κ3) is 3.77. The second-order valence-corrected chi connectivity index (χ2v) is 3.63. The number of halogens is 2. The predicted molar refractivity (Wildman–Crippen MR) is 63.1 cm³/mol. The molecule has 1 aromatic rings. The van der Waals surface area contributed by atoms with E-state index in [4.69, 9.17) is 5.84 Å². The molecule has 0 saturated heterocycles. The lowest BCUT2D eigenvalue weighted by atomic mass is 10.2. The molecule has 5 nitrogen and oxygen atoms in total. The summed E-state index contributed by atoms with van der Waals surface area (Å²) in [6, 6.07) is 0. The molecule has 0 aliphatic heterocycles. The number of hydrogen-bond acceptors (Lipinski definition) is 5. The van der Waals surface area contributed by atoms with Crippen LogP contribution in [0.15, 0.2) is 0 Å². The van der Waals surface area contributed by atoms with E-state index in [-0.39, 0.29) is 0 Å². The summed E-state index contributed by atoms with van der Waals surface area (Å²) < 4.78 is 24.3. The minimum atomic E-state index is -2.42. The van der Waals surface area contributed by atoms with Crippen molar-refractivity contribution in [1.29, 1.82) is 0 Å². The number of hydrogen-bond donors (Lipinski definition) is 3. The zero-order valence-electron chi connectivity index (χ0n) is 9.93. The van der Waals surface area contributed by atoms with Gasteiger partial charge in [-0.25, -0.2) is 24.6 Å². The molecule has 0 aromatic carbocycles. The molecule has 0 amide bonds. The third-order valence-corrected chi connectivity index (χ3v) is 2.23. The van der Waals surface area contributed by atoms with Crippen LogP contribution in [-0.2, 0) is 6.42 Å². The fourth-order valence-electron chi connectivity index (χ4n) is 1.38. The summed E-state index contributed by atoms with van der Waals surface area (Å²) in [4.78, 5) is 8.39. The summed E-state index contributed by atoms with van der Waals surface area (Å²) in [5, 5.41) is 2.59. The van der Waals surface area contributed by atoms with E-state index in [0.717, 1.165) is 6.42 Å². The number of anilines is 2. The molecule has 0 aliphatic rings. The van der Waals surface area contributed by atoms with Gasteiger partial charge in [0.1, 0.15) is 17.5 Å². The first-order valence-corrected chi connectivity index (χ1v) is 5.44. The summed E-state index contributed by atoms with van der Waals surface area (Å²) >= 11 is 0. The largest absolute Gasteiger partial charge is 0.364 e. The van der Waals surface area contributed by atoms with Crippen molar-refractivity contribution in [1.82, 2.24) is 9.97 Å². The molecule has 4 N–H and O–H groups in total. The number of nitrogens with one attached hydrogen (secondary N) is 2. The van der Waals surface area contributed by atoms with Crippen LogP contribution in [0.5, 0.6) is 0 Å². The molecule has 0 saturated carbocycles. The number of nitrogens with two attached hydrogens (primary N) is 1. The smallest absolute Gasteiger partial charge is 0.255 e. The zero-order valence-corrected chi connectivity index (χ0v) is 9.93. The van der Waals surface area contributed by atoms with Gasteiger partial charge in [-0.3, -0.25) is 0 Å². The monoisotopic (exact) mass is 245 g/mol. The number of hydrazine groups is 1. The maximum Gasteiger partial charge on any atom is 0.255 e. The highest BCUT2D eigenvalue weighted by Crippen LogP contribution is 2.19. The quantitative estimate of drug-likeness (QED) is 0.525. The Hall–Kier alpha value is -1.50. The first-order valence-electron chi connectivity index (χ1n) is 5.44. The number of aryl methyl sites for hydroxylation is 1. The average molecular weight is 245 g/mol. The van der Waals surface area contributed by atoms with Crippen molar-refractivity contribution in [3.63, 3.8) is 0 Å². The maximum absolute atomic E-state index is 12.1. The van der Waals surface area contributed by atoms with Crippen molar-refractivity contribution < 1.29 is 8.78 Å². The van der Waals surface area contributed by atoms with Gasteiger partial charge in [0.05, 0.1) is 6.54 Å². The number of rotatable bonds is 6. The molecule has 0 spiro atoms. The highest BCUT2D eigenvalue weighted by atomic mass is 19.3. The molecule has 0 fully saturated rings. The Morgan fingerprint density at radius 3 is 2.47 bits per heavy atom. The Kier molecular flexibility index (Phi) is 5.02. The molecule has 7 heteroatoms. The highest BCUT2D eigenvalue weighted by molar-refractivity contribution is 5.56.